The van der Waals surface area contributed by atoms with E-state index in [4.69, 9.17) is 5.73 Å². The van der Waals surface area contributed by atoms with E-state index in [-0.39, 0.29) is 5.54 Å². The quantitative estimate of drug-likeness (QED) is 0.755. The van der Waals surface area contributed by atoms with Crippen LogP contribution in [0.5, 0.6) is 0 Å². The molecule has 15 heavy (non-hydrogen) atoms. The maximum absolute atomic E-state index is 5.99. The van der Waals surface area contributed by atoms with Crippen molar-refractivity contribution in [2.24, 2.45) is 16.6 Å². The van der Waals surface area contributed by atoms with E-state index in [2.05, 4.69) is 23.7 Å². The molecule has 0 aromatic rings. The van der Waals surface area contributed by atoms with E-state index in [9.17, 15) is 0 Å². The SMILES string of the molecule is CCCN1C(N)=NCC12CCCC(C)C2. The van der Waals surface area contributed by atoms with Gasteiger partial charge in [0.05, 0.1) is 12.1 Å². The van der Waals surface area contributed by atoms with Crippen LogP contribution >= 0.6 is 0 Å². The van der Waals surface area contributed by atoms with Crippen molar-refractivity contribution in [3.05, 3.63) is 0 Å². The molecule has 0 bridgehead atoms. The van der Waals surface area contributed by atoms with Crippen molar-refractivity contribution in [1.29, 1.82) is 0 Å². The molecule has 0 aromatic heterocycles. The van der Waals surface area contributed by atoms with Crippen molar-refractivity contribution in [2.45, 2.75) is 51.5 Å². The number of rotatable bonds is 2. The Morgan fingerprint density at radius 3 is 3.07 bits per heavy atom. The molecule has 3 heteroatoms. The summed E-state index contributed by atoms with van der Waals surface area (Å²) >= 11 is 0. The van der Waals surface area contributed by atoms with Crippen molar-refractivity contribution < 1.29 is 0 Å². The lowest BCUT2D eigenvalue weighted by Crippen LogP contribution is -2.54. The smallest absolute Gasteiger partial charge is 0.191 e. The maximum Gasteiger partial charge on any atom is 0.191 e. The highest BCUT2D eigenvalue weighted by Crippen LogP contribution is 2.39. The Balaban J connectivity index is 2.13. The Hall–Kier alpha value is -0.730. The lowest BCUT2D eigenvalue weighted by molar-refractivity contribution is 0.113. The fraction of sp³-hybridized carbons (Fsp3) is 0.917. The Morgan fingerprint density at radius 2 is 2.40 bits per heavy atom. The van der Waals surface area contributed by atoms with Crippen LogP contribution in [0.15, 0.2) is 4.99 Å². The highest BCUT2D eigenvalue weighted by Gasteiger charge is 2.43. The summed E-state index contributed by atoms with van der Waals surface area (Å²) in [6, 6.07) is 0. The number of guanidine groups is 1. The average Bonchev–Trinajstić information content (AvgIpc) is 2.48. The molecule has 1 aliphatic carbocycles. The molecule has 86 valence electrons. The third-order valence-electron chi connectivity index (χ3n) is 3.90. The molecule has 1 aliphatic heterocycles. The fourth-order valence-corrected chi connectivity index (χ4v) is 3.24. The second-order valence-electron chi connectivity index (χ2n) is 5.25. The molecule has 1 heterocycles. The van der Waals surface area contributed by atoms with E-state index in [1.54, 1.807) is 0 Å². The Kier molecular flexibility index (Phi) is 2.89. The summed E-state index contributed by atoms with van der Waals surface area (Å²) in [4.78, 5) is 6.85. The summed E-state index contributed by atoms with van der Waals surface area (Å²) in [5, 5.41) is 0. The molecule has 1 saturated carbocycles. The lowest BCUT2D eigenvalue weighted by Gasteiger charge is -2.44. The van der Waals surface area contributed by atoms with Crippen molar-refractivity contribution in [1.82, 2.24) is 4.90 Å². The Morgan fingerprint density at radius 1 is 1.60 bits per heavy atom. The van der Waals surface area contributed by atoms with Gasteiger partial charge in [0.2, 0.25) is 0 Å². The molecule has 0 aromatic carbocycles. The summed E-state index contributed by atoms with van der Waals surface area (Å²) in [6.45, 7) is 6.58. The number of hydrogen-bond acceptors (Lipinski definition) is 3. The van der Waals surface area contributed by atoms with Crippen molar-refractivity contribution in [3.8, 4) is 0 Å². The minimum absolute atomic E-state index is 0.289. The van der Waals surface area contributed by atoms with Crippen LogP contribution in [0.25, 0.3) is 0 Å². The zero-order valence-corrected chi connectivity index (χ0v) is 10.00. The van der Waals surface area contributed by atoms with Crippen molar-refractivity contribution in [2.75, 3.05) is 13.1 Å². The molecule has 0 amide bonds. The highest BCUT2D eigenvalue weighted by molar-refractivity contribution is 5.81. The van der Waals surface area contributed by atoms with E-state index in [0.717, 1.165) is 31.4 Å². The first-order valence-corrected chi connectivity index (χ1v) is 6.25. The average molecular weight is 209 g/mol. The first-order chi connectivity index (χ1) is 7.18. The van der Waals surface area contributed by atoms with Gasteiger partial charge in [0.25, 0.3) is 0 Å². The third-order valence-corrected chi connectivity index (χ3v) is 3.90. The second-order valence-corrected chi connectivity index (χ2v) is 5.25. The monoisotopic (exact) mass is 209 g/mol. The van der Waals surface area contributed by atoms with Gasteiger partial charge in [-0.1, -0.05) is 26.7 Å². The van der Waals surface area contributed by atoms with E-state index in [1.807, 2.05) is 0 Å². The maximum atomic E-state index is 5.99. The van der Waals surface area contributed by atoms with Crippen molar-refractivity contribution >= 4 is 5.96 Å². The van der Waals surface area contributed by atoms with E-state index in [1.165, 1.54) is 25.7 Å². The molecular formula is C12H23N3. The van der Waals surface area contributed by atoms with Crippen LogP contribution < -0.4 is 5.73 Å². The first-order valence-electron chi connectivity index (χ1n) is 6.25. The molecule has 2 aliphatic rings. The minimum Gasteiger partial charge on any atom is -0.370 e. The van der Waals surface area contributed by atoms with Gasteiger partial charge in [-0.05, 0) is 25.2 Å². The predicted molar refractivity (Wildman–Crippen MR) is 63.8 cm³/mol. The molecule has 1 fully saturated rings. The summed E-state index contributed by atoms with van der Waals surface area (Å²) in [5.41, 5.74) is 6.28. The molecule has 2 rings (SSSR count). The lowest BCUT2D eigenvalue weighted by atomic mass is 9.76. The Bertz CT molecular complexity index is 262. The van der Waals surface area contributed by atoms with Crippen LogP contribution in [-0.2, 0) is 0 Å². The van der Waals surface area contributed by atoms with E-state index in [0.29, 0.717) is 0 Å². The predicted octanol–water partition coefficient (Wildman–Crippen LogP) is 1.98. The topological polar surface area (TPSA) is 41.6 Å². The molecular weight excluding hydrogens is 186 g/mol. The summed E-state index contributed by atoms with van der Waals surface area (Å²) in [6.07, 6.45) is 6.43. The van der Waals surface area contributed by atoms with E-state index < -0.39 is 0 Å². The standard InChI is InChI=1S/C12H23N3/c1-3-7-15-11(13)14-9-12(15)6-4-5-10(2)8-12/h10H,3-9H2,1-2H3,(H2,13,14). The number of nitrogens with zero attached hydrogens (tertiary/aromatic N) is 2. The number of hydrogen-bond donors (Lipinski definition) is 1. The van der Waals surface area contributed by atoms with Gasteiger partial charge in [-0.25, -0.2) is 0 Å². The summed E-state index contributed by atoms with van der Waals surface area (Å²) in [7, 11) is 0. The van der Waals surface area contributed by atoms with Crippen LogP contribution in [0.2, 0.25) is 0 Å². The van der Waals surface area contributed by atoms with Gasteiger partial charge in [-0.15, -0.1) is 0 Å². The van der Waals surface area contributed by atoms with Gasteiger partial charge < -0.3 is 10.6 Å². The first kappa shape index (κ1) is 10.8. The van der Waals surface area contributed by atoms with Gasteiger partial charge >= 0.3 is 0 Å². The highest BCUT2D eigenvalue weighted by atomic mass is 15.4. The zero-order chi connectivity index (χ0) is 10.9. The third kappa shape index (κ3) is 1.84. The number of aliphatic imine (C=N–C) groups is 1. The van der Waals surface area contributed by atoms with Crippen LogP contribution in [0.3, 0.4) is 0 Å². The largest absolute Gasteiger partial charge is 0.370 e. The summed E-state index contributed by atoms with van der Waals surface area (Å²) in [5.74, 6) is 1.62. The van der Waals surface area contributed by atoms with Gasteiger partial charge in [0.15, 0.2) is 5.96 Å². The van der Waals surface area contributed by atoms with Crippen LogP contribution in [-0.4, -0.2) is 29.5 Å². The van der Waals surface area contributed by atoms with Gasteiger partial charge in [-0.3, -0.25) is 4.99 Å². The minimum atomic E-state index is 0.289. The second kappa shape index (κ2) is 4.03. The van der Waals surface area contributed by atoms with Gasteiger partial charge in [-0.2, -0.15) is 0 Å². The molecule has 0 saturated heterocycles. The normalized spacial score (nSPS) is 36.0. The molecule has 1 spiro atoms. The fourth-order valence-electron chi connectivity index (χ4n) is 3.24. The Labute approximate surface area is 92.7 Å². The summed E-state index contributed by atoms with van der Waals surface area (Å²) < 4.78 is 0. The molecule has 2 atom stereocenters. The molecule has 3 nitrogen and oxygen atoms in total. The molecule has 2 unspecified atom stereocenters. The van der Waals surface area contributed by atoms with Crippen LogP contribution in [0, 0.1) is 5.92 Å². The van der Waals surface area contributed by atoms with Crippen LogP contribution in [0.1, 0.15) is 46.0 Å². The number of nitrogens with two attached hydrogens (primary N) is 1. The zero-order valence-electron chi connectivity index (χ0n) is 10.00. The van der Waals surface area contributed by atoms with Crippen molar-refractivity contribution in [3.63, 3.8) is 0 Å². The van der Waals surface area contributed by atoms with Gasteiger partial charge in [0.1, 0.15) is 0 Å². The molecule has 0 radical (unpaired) electrons. The van der Waals surface area contributed by atoms with Crippen LogP contribution in [0.4, 0.5) is 0 Å². The van der Waals surface area contributed by atoms with Gasteiger partial charge in [0, 0.05) is 6.54 Å². The molecule has 2 N–H and O–H groups in total. The van der Waals surface area contributed by atoms with E-state index >= 15 is 0 Å².